The fraction of sp³-hybridized carbons (Fsp3) is 0.0870. The molecule has 0 spiro atoms. The maximum atomic E-state index is 12.7. The van der Waals surface area contributed by atoms with Crippen LogP contribution >= 0.6 is 0 Å². The number of ether oxygens (including phenoxy) is 1. The molecule has 2 heterocycles. The highest BCUT2D eigenvalue weighted by Gasteiger charge is 2.35. The minimum absolute atomic E-state index is 0.116. The Bertz CT molecular complexity index is 1180. The Morgan fingerprint density at radius 2 is 1.83 bits per heavy atom. The SMILES string of the molecule is COC(=O)c1ccc(C)c(-c2ccc(C=C3NC(=O)N(c4ccccc4)C3=O)o2)c1. The molecule has 0 radical (unpaired) electrons. The van der Waals surface area contributed by atoms with Crippen LogP contribution in [0.4, 0.5) is 10.5 Å². The predicted octanol–water partition coefficient (Wildman–Crippen LogP) is 4.14. The fourth-order valence-corrected chi connectivity index (χ4v) is 3.20. The lowest BCUT2D eigenvalue weighted by Gasteiger charge is -2.10. The molecule has 1 aromatic heterocycles. The molecule has 1 saturated heterocycles. The lowest BCUT2D eigenvalue weighted by atomic mass is 10.0. The molecule has 7 nitrogen and oxygen atoms in total. The first-order valence-electron chi connectivity index (χ1n) is 9.19. The summed E-state index contributed by atoms with van der Waals surface area (Å²) in [7, 11) is 1.32. The van der Waals surface area contributed by atoms with Crippen LogP contribution in [0.25, 0.3) is 17.4 Å². The van der Waals surface area contributed by atoms with Gasteiger partial charge in [-0.3, -0.25) is 4.79 Å². The topological polar surface area (TPSA) is 88.9 Å². The Balaban J connectivity index is 1.63. The van der Waals surface area contributed by atoms with Crippen molar-refractivity contribution in [2.45, 2.75) is 6.92 Å². The number of para-hydroxylation sites is 1. The summed E-state index contributed by atoms with van der Waals surface area (Å²) >= 11 is 0. The molecule has 1 fully saturated rings. The molecule has 1 aliphatic rings. The predicted molar refractivity (Wildman–Crippen MR) is 111 cm³/mol. The van der Waals surface area contributed by atoms with Gasteiger partial charge in [-0.2, -0.15) is 0 Å². The second kappa shape index (κ2) is 7.71. The Labute approximate surface area is 172 Å². The number of carbonyl (C=O) groups is 3. The lowest BCUT2D eigenvalue weighted by Crippen LogP contribution is -2.30. The molecular weight excluding hydrogens is 384 g/mol. The van der Waals surface area contributed by atoms with Crippen LogP contribution < -0.4 is 10.2 Å². The monoisotopic (exact) mass is 402 g/mol. The summed E-state index contributed by atoms with van der Waals surface area (Å²) in [5.74, 6) is 0.0201. The lowest BCUT2D eigenvalue weighted by molar-refractivity contribution is -0.113. The Morgan fingerprint density at radius 3 is 2.57 bits per heavy atom. The van der Waals surface area contributed by atoms with Crippen LogP contribution in [0, 0.1) is 6.92 Å². The maximum Gasteiger partial charge on any atom is 0.337 e. The van der Waals surface area contributed by atoms with Crippen LogP contribution in [-0.4, -0.2) is 25.0 Å². The first kappa shape index (κ1) is 19.2. The fourth-order valence-electron chi connectivity index (χ4n) is 3.20. The van der Waals surface area contributed by atoms with Crippen molar-refractivity contribution < 1.29 is 23.5 Å². The summed E-state index contributed by atoms with van der Waals surface area (Å²) in [5, 5.41) is 2.57. The summed E-state index contributed by atoms with van der Waals surface area (Å²) in [6, 6.07) is 16.8. The van der Waals surface area contributed by atoms with Gasteiger partial charge in [0, 0.05) is 11.6 Å². The van der Waals surface area contributed by atoms with E-state index in [9.17, 15) is 14.4 Å². The molecule has 0 bridgehead atoms. The number of hydrogen-bond acceptors (Lipinski definition) is 5. The number of imide groups is 1. The molecule has 7 heteroatoms. The minimum Gasteiger partial charge on any atom is -0.465 e. The number of esters is 1. The molecule has 0 aliphatic carbocycles. The van der Waals surface area contributed by atoms with E-state index in [1.165, 1.54) is 13.2 Å². The Kier molecular flexibility index (Phi) is 4.93. The van der Waals surface area contributed by atoms with Crippen LogP contribution in [0.2, 0.25) is 0 Å². The van der Waals surface area contributed by atoms with Crippen molar-refractivity contribution in [1.82, 2.24) is 5.32 Å². The van der Waals surface area contributed by atoms with Gasteiger partial charge in [0.1, 0.15) is 17.2 Å². The highest BCUT2D eigenvalue weighted by atomic mass is 16.5. The highest BCUT2D eigenvalue weighted by Crippen LogP contribution is 2.29. The molecule has 150 valence electrons. The summed E-state index contributed by atoms with van der Waals surface area (Å²) in [4.78, 5) is 37.8. The number of furan rings is 1. The quantitative estimate of drug-likeness (QED) is 0.403. The molecule has 4 rings (SSSR count). The van der Waals surface area contributed by atoms with E-state index in [2.05, 4.69) is 5.32 Å². The van der Waals surface area contributed by atoms with Gasteiger partial charge in [0.2, 0.25) is 0 Å². The molecule has 30 heavy (non-hydrogen) atoms. The highest BCUT2D eigenvalue weighted by molar-refractivity contribution is 6.28. The third-order valence-electron chi connectivity index (χ3n) is 4.73. The third-order valence-corrected chi connectivity index (χ3v) is 4.73. The van der Waals surface area contributed by atoms with Crippen LogP contribution in [-0.2, 0) is 9.53 Å². The van der Waals surface area contributed by atoms with Crippen molar-refractivity contribution in [2.24, 2.45) is 0 Å². The maximum absolute atomic E-state index is 12.7. The zero-order chi connectivity index (χ0) is 21.3. The third kappa shape index (κ3) is 3.48. The van der Waals surface area contributed by atoms with Gasteiger partial charge in [0.25, 0.3) is 5.91 Å². The van der Waals surface area contributed by atoms with Crippen LogP contribution in [0.15, 0.2) is 70.8 Å². The second-order valence-electron chi connectivity index (χ2n) is 6.69. The average molecular weight is 402 g/mol. The van der Waals surface area contributed by atoms with Crippen molar-refractivity contribution in [3.63, 3.8) is 0 Å². The number of urea groups is 1. The summed E-state index contributed by atoms with van der Waals surface area (Å²) in [6.07, 6.45) is 1.48. The van der Waals surface area contributed by atoms with Crippen LogP contribution in [0.5, 0.6) is 0 Å². The summed E-state index contributed by atoms with van der Waals surface area (Å²) < 4.78 is 10.6. The number of rotatable bonds is 4. The van der Waals surface area contributed by atoms with E-state index in [4.69, 9.17) is 9.15 Å². The van der Waals surface area contributed by atoms with Gasteiger partial charge in [-0.1, -0.05) is 24.3 Å². The van der Waals surface area contributed by atoms with Crippen molar-refractivity contribution in [3.05, 3.63) is 83.2 Å². The molecule has 3 amide bonds. The Hall–Kier alpha value is -4.13. The van der Waals surface area contributed by atoms with Gasteiger partial charge in [0.05, 0.1) is 18.4 Å². The molecule has 2 aromatic carbocycles. The minimum atomic E-state index is -0.522. The second-order valence-corrected chi connectivity index (χ2v) is 6.69. The zero-order valence-corrected chi connectivity index (χ0v) is 16.3. The van der Waals surface area contributed by atoms with Crippen molar-refractivity contribution >= 4 is 29.7 Å². The molecule has 0 atom stereocenters. The first-order chi connectivity index (χ1) is 14.5. The van der Waals surface area contributed by atoms with Crippen molar-refractivity contribution in [2.75, 3.05) is 12.0 Å². The van der Waals surface area contributed by atoms with Gasteiger partial charge in [-0.15, -0.1) is 0 Å². The van der Waals surface area contributed by atoms with E-state index in [0.717, 1.165) is 16.0 Å². The number of benzene rings is 2. The Morgan fingerprint density at radius 1 is 1.07 bits per heavy atom. The molecular formula is C23H18N2O5. The number of nitrogens with one attached hydrogen (secondary N) is 1. The number of anilines is 1. The van der Waals surface area contributed by atoms with E-state index in [1.807, 2.05) is 6.92 Å². The van der Waals surface area contributed by atoms with Gasteiger partial charge in [-0.05, 0) is 48.9 Å². The first-order valence-corrected chi connectivity index (χ1v) is 9.19. The van der Waals surface area contributed by atoms with Gasteiger partial charge in [-0.25, -0.2) is 14.5 Å². The number of nitrogens with zero attached hydrogens (tertiary/aromatic N) is 1. The smallest absolute Gasteiger partial charge is 0.337 e. The summed E-state index contributed by atoms with van der Waals surface area (Å²) in [5.41, 5.74) is 2.65. The standard InChI is InChI=1S/C23H18N2O5/c1-14-8-9-15(22(27)29-2)12-18(14)20-11-10-17(30-20)13-19-21(26)25(23(28)24-19)16-6-4-3-5-7-16/h3-13H,1-2H3,(H,24,28). The number of carbonyl (C=O) groups excluding carboxylic acids is 3. The molecule has 1 N–H and O–H groups in total. The number of methoxy groups -OCH3 is 1. The molecule has 0 unspecified atom stereocenters. The van der Waals surface area contributed by atoms with E-state index in [-0.39, 0.29) is 5.70 Å². The van der Waals surface area contributed by atoms with Gasteiger partial charge < -0.3 is 14.5 Å². The van der Waals surface area contributed by atoms with E-state index in [0.29, 0.717) is 22.8 Å². The zero-order valence-electron chi connectivity index (χ0n) is 16.3. The van der Waals surface area contributed by atoms with E-state index >= 15 is 0 Å². The van der Waals surface area contributed by atoms with Gasteiger partial charge in [0.15, 0.2) is 0 Å². The molecule has 0 saturated carbocycles. The largest absolute Gasteiger partial charge is 0.465 e. The number of aryl methyl sites for hydroxylation is 1. The molecule has 3 aromatic rings. The van der Waals surface area contributed by atoms with Gasteiger partial charge >= 0.3 is 12.0 Å². The van der Waals surface area contributed by atoms with Crippen LogP contribution in [0.1, 0.15) is 21.7 Å². The number of amides is 3. The molecule has 1 aliphatic heterocycles. The number of hydrogen-bond donors (Lipinski definition) is 1. The van der Waals surface area contributed by atoms with E-state index in [1.54, 1.807) is 60.7 Å². The van der Waals surface area contributed by atoms with Crippen LogP contribution in [0.3, 0.4) is 0 Å². The van der Waals surface area contributed by atoms with Crippen molar-refractivity contribution in [1.29, 1.82) is 0 Å². The summed E-state index contributed by atoms with van der Waals surface area (Å²) in [6.45, 7) is 1.90. The normalized spacial score (nSPS) is 14.9. The van der Waals surface area contributed by atoms with Crippen molar-refractivity contribution in [3.8, 4) is 11.3 Å². The van der Waals surface area contributed by atoms with E-state index < -0.39 is 17.9 Å². The average Bonchev–Trinajstić information content (AvgIpc) is 3.32.